The summed E-state index contributed by atoms with van der Waals surface area (Å²) in [4.78, 5) is 0. The molecule has 14 heavy (non-hydrogen) atoms. The van der Waals surface area contributed by atoms with Gasteiger partial charge in [0.05, 0.1) is 0 Å². The zero-order valence-electron chi connectivity index (χ0n) is 10.4. The molecule has 1 atom stereocenters. The SMILES string of the molecule is CCCCC1=CC(C(C)(C)C)=CC1C. The van der Waals surface area contributed by atoms with E-state index < -0.39 is 0 Å². The van der Waals surface area contributed by atoms with Crippen molar-refractivity contribution in [3.8, 4) is 0 Å². The van der Waals surface area contributed by atoms with Crippen LogP contribution >= 0.6 is 0 Å². The van der Waals surface area contributed by atoms with Crippen molar-refractivity contribution in [2.24, 2.45) is 11.3 Å². The lowest BCUT2D eigenvalue weighted by Crippen LogP contribution is -2.06. The van der Waals surface area contributed by atoms with Crippen LogP contribution in [0.15, 0.2) is 23.3 Å². The van der Waals surface area contributed by atoms with Crippen LogP contribution in [-0.2, 0) is 0 Å². The van der Waals surface area contributed by atoms with Crippen LogP contribution in [0.25, 0.3) is 0 Å². The highest BCUT2D eigenvalue weighted by molar-refractivity contribution is 5.38. The van der Waals surface area contributed by atoms with Gasteiger partial charge in [0.25, 0.3) is 0 Å². The first-order valence-corrected chi connectivity index (χ1v) is 5.88. The Hall–Kier alpha value is -0.520. The fraction of sp³-hybridized carbons (Fsp3) is 0.714. The molecule has 0 nitrogen and oxygen atoms in total. The van der Waals surface area contributed by atoms with Gasteiger partial charge in [-0.15, -0.1) is 0 Å². The van der Waals surface area contributed by atoms with E-state index in [0.717, 1.165) is 0 Å². The Morgan fingerprint density at radius 1 is 1.29 bits per heavy atom. The van der Waals surface area contributed by atoms with E-state index in [9.17, 15) is 0 Å². The van der Waals surface area contributed by atoms with Crippen molar-refractivity contribution in [1.29, 1.82) is 0 Å². The van der Waals surface area contributed by atoms with Crippen LogP contribution in [0.4, 0.5) is 0 Å². The number of rotatable bonds is 3. The van der Waals surface area contributed by atoms with E-state index in [1.807, 2.05) is 0 Å². The Kier molecular flexibility index (Phi) is 3.58. The number of hydrogen-bond donors (Lipinski definition) is 0. The molecule has 0 saturated heterocycles. The lowest BCUT2D eigenvalue weighted by molar-refractivity contribution is 0.516. The minimum atomic E-state index is 0.322. The first kappa shape index (κ1) is 11.6. The lowest BCUT2D eigenvalue weighted by atomic mass is 9.87. The van der Waals surface area contributed by atoms with Crippen molar-refractivity contribution in [2.75, 3.05) is 0 Å². The molecule has 0 bridgehead atoms. The summed E-state index contributed by atoms with van der Waals surface area (Å²) in [7, 11) is 0. The molecular formula is C14H24. The second-order valence-corrected chi connectivity index (χ2v) is 5.48. The summed E-state index contributed by atoms with van der Waals surface area (Å²) < 4.78 is 0. The molecule has 0 fully saturated rings. The largest absolute Gasteiger partial charge is 0.0739 e. The highest BCUT2D eigenvalue weighted by atomic mass is 14.3. The summed E-state index contributed by atoms with van der Waals surface area (Å²) in [6.07, 6.45) is 8.79. The number of hydrogen-bond acceptors (Lipinski definition) is 0. The van der Waals surface area contributed by atoms with Crippen molar-refractivity contribution in [3.63, 3.8) is 0 Å². The number of unbranched alkanes of at least 4 members (excludes halogenated alkanes) is 1. The minimum Gasteiger partial charge on any atom is -0.0739 e. The second kappa shape index (κ2) is 4.33. The fourth-order valence-electron chi connectivity index (χ4n) is 1.90. The van der Waals surface area contributed by atoms with E-state index in [4.69, 9.17) is 0 Å². The van der Waals surface area contributed by atoms with Gasteiger partial charge in [-0.05, 0) is 29.7 Å². The standard InChI is InChI=1S/C14H24/c1-6-7-8-12-10-13(9-11(12)2)14(3,4)5/h9-11H,6-8H2,1-5H3. The summed E-state index contributed by atoms with van der Waals surface area (Å²) in [6, 6.07) is 0. The first-order chi connectivity index (χ1) is 6.45. The van der Waals surface area contributed by atoms with Gasteiger partial charge in [-0.2, -0.15) is 0 Å². The predicted octanol–water partition coefficient (Wildman–Crippen LogP) is 4.73. The van der Waals surface area contributed by atoms with E-state index in [0.29, 0.717) is 11.3 Å². The van der Waals surface area contributed by atoms with Crippen molar-refractivity contribution in [3.05, 3.63) is 23.3 Å². The molecule has 0 aromatic rings. The van der Waals surface area contributed by atoms with Crippen molar-refractivity contribution in [2.45, 2.75) is 53.9 Å². The van der Waals surface area contributed by atoms with Gasteiger partial charge in [-0.1, -0.05) is 58.8 Å². The van der Waals surface area contributed by atoms with Crippen LogP contribution in [-0.4, -0.2) is 0 Å². The third-order valence-electron chi connectivity index (χ3n) is 3.04. The van der Waals surface area contributed by atoms with Crippen molar-refractivity contribution < 1.29 is 0 Å². The normalized spacial score (nSPS) is 22.2. The van der Waals surface area contributed by atoms with E-state index >= 15 is 0 Å². The Morgan fingerprint density at radius 2 is 1.93 bits per heavy atom. The molecule has 80 valence electrons. The van der Waals surface area contributed by atoms with Gasteiger partial charge in [0.15, 0.2) is 0 Å². The van der Waals surface area contributed by atoms with Crippen LogP contribution in [0.5, 0.6) is 0 Å². The molecule has 1 unspecified atom stereocenters. The molecule has 0 N–H and O–H groups in total. The summed E-state index contributed by atoms with van der Waals surface area (Å²) in [6.45, 7) is 11.5. The van der Waals surface area contributed by atoms with Gasteiger partial charge >= 0.3 is 0 Å². The van der Waals surface area contributed by atoms with Crippen LogP contribution in [0.1, 0.15) is 53.9 Å². The third kappa shape index (κ3) is 2.73. The summed E-state index contributed by atoms with van der Waals surface area (Å²) in [5.74, 6) is 0.677. The molecule has 1 aliphatic rings. The van der Waals surface area contributed by atoms with Crippen molar-refractivity contribution >= 4 is 0 Å². The zero-order valence-corrected chi connectivity index (χ0v) is 10.4. The fourth-order valence-corrected chi connectivity index (χ4v) is 1.90. The van der Waals surface area contributed by atoms with Gasteiger partial charge < -0.3 is 0 Å². The Labute approximate surface area is 89.1 Å². The summed E-state index contributed by atoms with van der Waals surface area (Å²) in [5.41, 5.74) is 3.48. The van der Waals surface area contributed by atoms with E-state index in [1.165, 1.54) is 24.8 Å². The zero-order chi connectivity index (χ0) is 10.8. The monoisotopic (exact) mass is 192 g/mol. The predicted molar refractivity (Wildman–Crippen MR) is 64.3 cm³/mol. The topological polar surface area (TPSA) is 0 Å². The molecule has 1 rings (SSSR count). The maximum Gasteiger partial charge on any atom is -0.00424 e. The Morgan fingerprint density at radius 3 is 2.36 bits per heavy atom. The van der Waals surface area contributed by atoms with Crippen LogP contribution in [0.2, 0.25) is 0 Å². The maximum absolute atomic E-state index is 2.44. The van der Waals surface area contributed by atoms with E-state index in [2.05, 4.69) is 46.8 Å². The summed E-state index contributed by atoms with van der Waals surface area (Å²) in [5, 5.41) is 0. The first-order valence-electron chi connectivity index (χ1n) is 5.88. The van der Waals surface area contributed by atoms with Crippen molar-refractivity contribution in [1.82, 2.24) is 0 Å². The maximum atomic E-state index is 2.44. The van der Waals surface area contributed by atoms with Gasteiger partial charge in [-0.25, -0.2) is 0 Å². The highest BCUT2D eigenvalue weighted by Crippen LogP contribution is 2.36. The number of allylic oxidation sites excluding steroid dienone is 4. The van der Waals surface area contributed by atoms with E-state index in [-0.39, 0.29) is 0 Å². The molecular weight excluding hydrogens is 168 g/mol. The quantitative estimate of drug-likeness (QED) is 0.606. The van der Waals surface area contributed by atoms with Crippen LogP contribution in [0.3, 0.4) is 0 Å². The average molecular weight is 192 g/mol. The molecule has 0 aromatic heterocycles. The Bertz CT molecular complexity index is 248. The third-order valence-corrected chi connectivity index (χ3v) is 3.04. The summed E-state index contributed by atoms with van der Waals surface area (Å²) >= 11 is 0. The van der Waals surface area contributed by atoms with E-state index in [1.54, 1.807) is 5.57 Å². The van der Waals surface area contributed by atoms with Gasteiger partial charge in [0, 0.05) is 0 Å². The molecule has 0 radical (unpaired) electrons. The molecule has 0 amide bonds. The smallest absolute Gasteiger partial charge is 0.00424 e. The molecule has 0 saturated carbocycles. The second-order valence-electron chi connectivity index (χ2n) is 5.48. The highest BCUT2D eigenvalue weighted by Gasteiger charge is 2.22. The average Bonchev–Trinajstić information content (AvgIpc) is 2.43. The molecule has 0 heterocycles. The van der Waals surface area contributed by atoms with Crippen LogP contribution < -0.4 is 0 Å². The van der Waals surface area contributed by atoms with Crippen LogP contribution in [0, 0.1) is 11.3 Å². The molecule has 0 aliphatic heterocycles. The molecule has 0 heteroatoms. The molecule has 0 aromatic carbocycles. The lowest BCUT2D eigenvalue weighted by Gasteiger charge is -2.18. The molecule has 0 spiro atoms. The van der Waals surface area contributed by atoms with Gasteiger partial charge in [-0.3, -0.25) is 0 Å². The van der Waals surface area contributed by atoms with Gasteiger partial charge in [0.2, 0.25) is 0 Å². The minimum absolute atomic E-state index is 0.322. The molecule has 1 aliphatic carbocycles. The van der Waals surface area contributed by atoms with Gasteiger partial charge in [0.1, 0.15) is 0 Å². The Balaban J connectivity index is 2.67.